The number of H-pyrrole nitrogens is 1. The van der Waals surface area contributed by atoms with E-state index in [4.69, 9.17) is 0 Å². The number of rotatable bonds is 7. The first-order valence-electron chi connectivity index (χ1n) is 7.25. The van der Waals surface area contributed by atoms with E-state index in [9.17, 15) is 4.39 Å². The molecule has 0 aliphatic heterocycles. The van der Waals surface area contributed by atoms with E-state index in [0.717, 1.165) is 36.5 Å². The Morgan fingerprint density at radius 3 is 2.60 bits per heavy atom. The Hall–Kier alpha value is -1.68. The van der Waals surface area contributed by atoms with E-state index < -0.39 is 0 Å². The summed E-state index contributed by atoms with van der Waals surface area (Å²) in [5, 5.41) is 7.17. The molecule has 3 nitrogen and oxygen atoms in total. The topological polar surface area (TPSA) is 31.9 Å². The van der Waals surface area contributed by atoms with Crippen molar-refractivity contribution < 1.29 is 4.39 Å². The van der Waals surface area contributed by atoms with E-state index in [1.165, 1.54) is 25.0 Å². The lowest BCUT2D eigenvalue weighted by Crippen LogP contribution is -2.24. The molecular formula is C16H22FN3. The lowest BCUT2D eigenvalue weighted by atomic mass is 10.1. The first-order chi connectivity index (χ1) is 9.74. The fourth-order valence-corrected chi connectivity index (χ4v) is 2.27. The van der Waals surface area contributed by atoms with Crippen LogP contribution in [0.3, 0.4) is 0 Å². The van der Waals surface area contributed by atoms with Gasteiger partial charge >= 0.3 is 0 Å². The minimum absolute atomic E-state index is 0.215. The summed E-state index contributed by atoms with van der Waals surface area (Å²) < 4.78 is 13.0. The molecule has 0 fully saturated rings. The summed E-state index contributed by atoms with van der Waals surface area (Å²) in [5.74, 6) is -0.215. The quantitative estimate of drug-likeness (QED) is 0.832. The number of nitrogens with one attached hydrogen (secondary N) is 1. The van der Waals surface area contributed by atoms with Gasteiger partial charge in [0.15, 0.2) is 0 Å². The van der Waals surface area contributed by atoms with Gasteiger partial charge in [-0.2, -0.15) is 5.10 Å². The maximum Gasteiger partial charge on any atom is 0.123 e. The number of hydrogen-bond acceptors (Lipinski definition) is 2. The lowest BCUT2D eigenvalue weighted by Gasteiger charge is -2.19. The third-order valence-corrected chi connectivity index (χ3v) is 3.52. The molecule has 0 radical (unpaired) electrons. The maximum absolute atomic E-state index is 13.0. The minimum Gasteiger partial charge on any atom is -0.299 e. The highest BCUT2D eigenvalue weighted by Gasteiger charge is 2.11. The first kappa shape index (κ1) is 14.7. The molecule has 1 N–H and O–H groups in total. The highest BCUT2D eigenvalue weighted by molar-refractivity contribution is 5.62. The zero-order valence-electron chi connectivity index (χ0n) is 12.2. The average molecular weight is 275 g/mol. The van der Waals surface area contributed by atoms with E-state index >= 15 is 0 Å². The van der Waals surface area contributed by atoms with E-state index in [-0.39, 0.29) is 5.82 Å². The van der Waals surface area contributed by atoms with Crippen LogP contribution in [0.2, 0.25) is 0 Å². The zero-order valence-corrected chi connectivity index (χ0v) is 12.2. The normalized spacial score (nSPS) is 11.2. The summed E-state index contributed by atoms with van der Waals surface area (Å²) in [6, 6.07) is 6.53. The number of aromatic nitrogens is 2. The molecule has 0 amide bonds. The number of hydrogen-bond donors (Lipinski definition) is 1. The van der Waals surface area contributed by atoms with Crippen LogP contribution in [-0.4, -0.2) is 28.2 Å². The molecule has 0 unspecified atom stereocenters. The van der Waals surface area contributed by atoms with Gasteiger partial charge in [0, 0.05) is 17.7 Å². The summed E-state index contributed by atoms with van der Waals surface area (Å²) in [6.07, 6.45) is 4.28. The molecule has 0 saturated heterocycles. The predicted molar refractivity (Wildman–Crippen MR) is 79.8 cm³/mol. The Bertz CT molecular complexity index is 519. The van der Waals surface area contributed by atoms with Gasteiger partial charge in [-0.25, -0.2) is 4.39 Å². The third kappa shape index (κ3) is 3.67. The molecule has 1 aromatic heterocycles. The molecule has 108 valence electrons. The molecular weight excluding hydrogens is 253 g/mol. The Morgan fingerprint density at radius 2 is 1.95 bits per heavy atom. The van der Waals surface area contributed by atoms with Gasteiger partial charge in [0.25, 0.3) is 0 Å². The largest absolute Gasteiger partial charge is 0.299 e. The Labute approximate surface area is 119 Å². The Balaban J connectivity index is 2.13. The van der Waals surface area contributed by atoms with Crippen LogP contribution in [0.15, 0.2) is 30.5 Å². The van der Waals surface area contributed by atoms with Gasteiger partial charge < -0.3 is 0 Å². The summed E-state index contributed by atoms with van der Waals surface area (Å²) in [6.45, 7) is 7.37. The van der Waals surface area contributed by atoms with E-state index in [2.05, 4.69) is 28.9 Å². The molecule has 2 aromatic rings. The standard InChI is InChI=1S/C16H22FN3/c1-3-5-10-20(4-2)12-14-11-18-19-16(14)13-6-8-15(17)9-7-13/h6-9,11H,3-5,10,12H2,1-2H3,(H,18,19). The molecule has 0 atom stereocenters. The SMILES string of the molecule is CCCCN(CC)Cc1cn[nH]c1-c1ccc(F)cc1. The predicted octanol–water partition coefficient (Wildman–Crippen LogP) is 3.84. The molecule has 0 spiro atoms. The van der Waals surface area contributed by atoms with Gasteiger partial charge in [0.05, 0.1) is 11.9 Å². The highest BCUT2D eigenvalue weighted by Crippen LogP contribution is 2.22. The lowest BCUT2D eigenvalue weighted by molar-refractivity contribution is 0.276. The van der Waals surface area contributed by atoms with Crippen molar-refractivity contribution in [1.29, 1.82) is 0 Å². The molecule has 1 aromatic carbocycles. The van der Waals surface area contributed by atoms with Gasteiger partial charge in [0.1, 0.15) is 5.82 Å². The van der Waals surface area contributed by atoms with Crippen molar-refractivity contribution >= 4 is 0 Å². The summed E-state index contributed by atoms with van der Waals surface area (Å²) in [5.41, 5.74) is 3.12. The number of halogens is 1. The fraction of sp³-hybridized carbons (Fsp3) is 0.438. The fourth-order valence-electron chi connectivity index (χ4n) is 2.27. The van der Waals surface area contributed by atoms with Gasteiger partial charge in [0.2, 0.25) is 0 Å². The van der Waals surface area contributed by atoms with Gasteiger partial charge in [-0.1, -0.05) is 20.3 Å². The monoisotopic (exact) mass is 275 g/mol. The van der Waals surface area contributed by atoms with Crippen molar-refractivity contribution in [2.24, 2.45) is 0 Å². The molecule has 1 heterocycles. The second-order valence-electron chi connectivity index (χ2n) is 5.00. The number of unbranched alkanes of at least 4 members (excludes halogenated alkanes) is 1. The highest BCUT2D eigenvalue weighted by atomic mass is 19.1. The van der Waals surface area contributed by atoms with Crippen LogP contribution in [0.25, 0.3) is 11.3 Å². The zero-order chi connectivity index (χ0) is 14.4. The second-order valence-corrected chi connectivity index (χ2v) is 5.00. The van der Waals surface area contributed by atoms with Crippen LogP contribution < -0.4 is 0 Å². The molecule has 4 heteroatoms. The molecule has 2 rings (SSSR count). The van der Waals surface area contributed by atoms with Gasteiger partial charge in [-0.05, 0) is 43.8 Å². The van der Waals surface area contributed by atoms with Crippen LogP contribution in [0, 0.1) is 5.82 Å². The summed E-state index contributed by atoms with van der Waals surface area (Å²) in [7, 11) is 0. The average Bonchev–Trinajstić information content (AvgIpc) is 2.92. The van der Waals surface area contributed by atoms with Crippen LogP contribution in [0.4, 0.5) is 4.39 Å². The summed E-state index contributed by atoms with van der Waals surface area (Å²) >= 11 is 0. The smallest absolute Gasteiger partial charge is 0.123 e. The van der Waals surface area contributed by atoms with Crippen LogP contribution in [0.5, 0.6) is 0 Å². The molecule has 0 saturated carbocycles. The van der Waals surface area contributed by atoms with Crippen molar-refractivity contribution in [3.63, 3.8) is 0 Å². The van der Waals surface area contributed by atoms with Gasteiger partial charge in [-0.3, -0.25) is 10.00 Å². The summed E-state index contributed by atoms with van der Waals surface area (Å²) in [4.78, 5) is 2.40. The maximum atomic E-state index is 13.0. The van der Waals surface area contributed by atoms with Crippen molar-refractivity contribution in [3.05, 3.63) is 41.8 Å². The number of benzene rings is 1. The number of aromatic amines is 1. The molecule has 0 aliphatic carbocycles. The number of nitrogens with zero attached hydrogens (tertiary/aromatic N) is 2. The molecule has 20 heavy (non-hydrogen) atoms. The Kier molecular flexibility index (Phi) is 5.30. The van der Waals surface area contributed by atoms with Crippen molar-refractivity contribution in [2.75, 3.05) is 13.1 Å². The second kappa shape index (κ2) is 7.20. The first-order valence-corrected chi connectivity index (χ1v) is 7.25. The van der Waals surface area contributed by atoms with E-state index in [0.29, 0.717) is 0 Å². The molecule has 0 aliphatic rings. The van der Waals surface area contributed by atoms with Gasteiger partial charge in [-0.15, -0.1) is 0 Å². The van der Waals surface area contributed by atoms with E-state index in [1.54, 1.807) is 12.1 Å². The molecule has 0 bridgehead atoms. The van der Waals surface area contributed by atoms with Crippen molar-refractivity contribution in [2.45, 2.75) is 33.2 Å². The van der Waals surface area contributed by atoms with Crippen molar-refractivity contribution in [3.8, 4) is 11.3 Å². The minimum atomic E-state index is -0.215. The Morgan fingerprint density at radius 1 is 1.20 bits per heavy atom. The van der Waals surface area contributed by atoms with Crippen LogP contribution in [0.1, 0.15) is 32.3 Å². The van der Waals surface area contributed by atoms with Crippen LogP contribution in [-0.2, 0) is 6.54 Å². The van der Waals surface area contributed by atoms with Crippen molar-refractivity contribution in [1.82, 2.24) is 15.1 Å². The van der Waals surface area contributed by atoms with E-state index in [1.807, 2.05) is 6.20 Å². The third-order valence-electron chi connectivity index (χ3n) is 3.52. The van der Waals surface area contributed by atoms with Crippen LogP contribution >= 0.6 is 0 Å².